The Bertz CT molecular complexity index is 655. The minimum absolute atomic E-state index is 0.00598. The molecule has 1 heterocycles. The first-order valence-corrected chi connectivity index (χ1v) is 7.60. The SMILES string of the molecule is COc1cc(Cl)c(Cl)c(Cl)c1N1CCN(C(=O)O)[C@@H](C(=O)O)C1. The number of anilines is 1. The van der Waals surface area contributed by atoms with Gasteiger partial charge in [0.15, 0.2) is 0 Å². The van der Waals surface area contributed by atoms with Crippen molar-refractivity contribution in [3.8, 4) is 5.75 Å². The van der Waals surface area contributed by atoms with Crippen LogP contribution in [0.3, 0.4) is 0 Å². The van der Waals surface area contributed by atoms with E-state index in [1.807, 2.05) is 0 Å². The van der Waals surface area contributed by atoms with Gasteiger partial charge in [-0.3, -0.25) is 4.90 Å². The first kappa shape index (κ1) is 17.8. The monoisotopic (exact) mass is 382 g/mol. The number of hydrogen-bond acceptors (Lipinski definition) is 4. The number of rotatable bonds is 3. The highest BCUT2D eigenvalue weighted by Crippen LogP contribution is 2.45. The summed E-state index contributed by atoms with van der Waals surface area (Å²) in [5.74, 6) is -0.912. The fourth-order valence-corrected chi connectivity index (χ4v) is 3.14. The average Bonchev–Trinajstić information content (AvgIpc) is 2.51. The number of nitrogens with zero attached hydrogens (tertiary/aromatic N) is 2. The van der Waals surface area contributed by atoms with Crippen LogP contribution in [0, 0.1) is 0 Å². The molecule has 7 nitrogen and oxygen atoms in total. The van der Waals surface area contributed by atoms with Crippen molar-refractivity contribution >= 4 is 52.6 Å². The standard InChI is InChI=1S/C13H13Cl3N2O5/c1-23-8-4-6(14)9(15)10(16)11(8)17-2-3-18(13(21)22)7(5-17)12(19)20/h4,7H,2-3,5H2,1H3,(H,19,20)(H,21,22)/t7-/m1/s1. The molecular formula is C13H13Cl3N2O5. The van der Waals surface area contributed by atoms with E-state index >= 15 is 0 Å². The molecule has 2 rings (SSSR count). The molecule has 1 amide bonds. The highest BCUT2D eigenvalue weighted by Gasteiger charge is 2.37. The number of methoxy groups -OCH3 is 1. The Morgan fingerprint density at radius 1 is 1.22 bits per heavy atom. The van der Waals surface area contributed by atoms with Gasteiger partial charge in [-0.25, -0.2) is 9.59 Å². The summed E-state index contributed by atoms with van der Waals surface area (Å²) in [6.07, 6.45) is -1.29. The number of aliphatic carboxylic acids is 1. The van der Waals surface area contributed by atoms with Crippen molar-refractivity contribution in [1.29, 1.82) is 0 Å². The number of carbonyl (C=O) groups is 2. The normalized spacial score (nSPS) is 18.0. The molecule has 0 spiro atoms. The number of piperazine rings is 1. The largest absolute Gasteiger partial charge is 0.494 e. The highest BCUT2D eigenvalue weighted by molar-refractivity contribution is 6.49. The lowest BCUT2D eigenvalue weighted by Gasteiger charge is -2.39. The number of halogens is 3. The first-order valence-electron chi connectivity index (χ1n) is 6.46. The van der Waals surface area contributed by atoms with Crippen LogP contribution in [0.4, 0.5) is 10.5 Å². The van der Waals surface area contributed by atoms with Gasteiger partial charge in [0.05, 0.1) is 22.2 Å². The van der Waals surface area contributed by atoms with Crippen LogP contribution in [0.5, 0.6) is 5.75 Å². The van der Waals surface area contributed by atoms with E-state index in [1.165, 1.54) is 13.2 Å². The number of ether oxygens (including phenoxy) is 1. The second kappa shape index (κ2) is 6.90. The van der Waals surface area contributed by atoms with E-state index in [0.717, 1.165) is 4.90 Å². The topological polar surface area (TPSA) is 90.3 Å². The van der Waals surface area contributed by atoms with E-state index in [4.69, 9.17) is 44.6 Å². The van der Waals surface area contributed by atoms with Crippen LogP contribution >= 0.6 is 34.8 Å². The molecule has 0 aromatic heterocycles. The van der Waals surface area contributed by atoms with Gasteiger partial charge in [0.25, 0.3) is 0 Å². The van der Waals surface area contributed by atoms with Crippen LogP contribution in [0.15, 0.2) is 6.07 Å². The van der Waals surface area contributed by atoms with Crippen LogP contribution in [0.1, 0.15) is 0 Å². The minimum Gasteiger partial charge on any atom is -0.494 e. The van der Waals surface area contributed by atoms with E-state index in [2.05, 4.69) is 0 Å². The molecule has 1 fully saturated rings. The number of hydrogen-bond donors (Lipinski definition) is 2. The quantitative estimate of drug-likeness (QED) is 0.780. The Morgan fingerprint density at radius 3 is 2.39 bits per heavy atom. The fraction of sp³-hybridized carbons (Fsp3) is 0.385. The van der Waals surface area contributed by atoms with E-state index in [0.29, 0.717) is 11.4 Å². The summed E-state index contributed by atoms with van der Waals surface area (Å²) >= 11 is 18.2. The van der Waals surface area contributed by atoms with Gasteiger partial charge in [-0.05, 0) is 0 Å². The minimum atomic E-state index is -1.29. The number of carboxylic acid groups (broad SMARTS) is 2. The Morgan fingerprint density at radius 2 is 1.87 bits per heavy atom. The Kier molecular flexibility index (Phi) is 5.33. The van der Waals surface area contributed by atoms with Gasteiger partial charge in [-0.1, -0.05) is 34.8 Å². The smallest absolute Gasteiger partial charge is 0.408 e. The summed E-state index contributed by atoms with van der Waals surface area (Å²) in [6.45, 7) is 0.159. The zero-order chi connectivity index (χ0) is 17.3. The van der Waals surface area contributed by atoms with Crippen molar-refractivity contribution in [2.24, 2.45) is 0 Å². The lowest BCUT2D eigenvalue weighted by molar-refractivity contribution is -0.142. The van der Waals surface area contributed by atoms with Crippen LogP contribution in [0.2, 0.25) is 15.1 Å². The molecule has 1 saturated heterocycles. The second-order valence-corrected chi connectivity index (χ2v) is 5.98. The summed E-state index contributed by atoms with van der Waals surface area (Å²) in [5, 5.41) is 18.8. The summed E-state index contributed by atoms with van der Waals surface area (Å²) in [7, 11) is 1.42. The molecule has 1 aromatic carbocycles. The van der Waals surface area contributed by atoms with Crippen LogP contribution in [0.25, 0.3) is 0 Å². The Balaban J connectivity index is 2.42. The fourth-order valence-electron chi connectivity index (χ4n) is 2.44. The van der Waals surface area contributed by atoms with Gasteiger partial charge in [0, 0.05) is 25.7 Å². The van der Waals surface area contributed by atoms with E-state index in [-0.39, 0.29) is 34.7 Å². The van der Waals surface area contributed by atoms with Gasteiger partial charge in [0.2, 0.25) is 0 Å². The molecular weight excluding hydrogens is 371 g/mol. The third-order valence-electron chi connectivity index (χ3n) is 3.55. The number of benzene rings is 1. The maximum absolute atomic E-state index is 11.4. The predicted octanol–water partition coefficient (Wildman–Crippen LogP) is 2.91. The average molecular weight is 384 g/mol. The Labute approximate surface area is 146 Å². The summed E-state index contributed by atoms with van der Waals surface area (Å²) in [6, 6.07) is 0.251. The van der Waals surface area contributed by atoms with Crippen LogP contribution < -0.4 is 9.64 Å². The second-order valence-electron chi connectivity index (χ2n) is 4.81. The third-order valence-corrected chi connectivity index (χ3v) is 4.80. The summed E-state index contributed by atoms with van der Waals surface area (Å²) in [5.41, 5.74) is 0.389. The van der Waals surface area contributed by atoms with Crippen molar-refractivity contribution in [3.63, 3.8) is 0 Å². The molecule has 23 heavy (non-hydrogen) atoms. The van der Waals surface area contributed by atoms with Crippen LogP contribution in [-0.2, 0) is 4.79 Å². The first-order chi connectivity index (χ1) is 10.8. The lowest BCUT2D eigenvalue weighted by atomic mass is 10.1. The van der Waals surface area contributed by atoms with E-state index in [9.17, 15) is 14.7 Å². The number of carboxylic acids is 1. The molecule has 0 aliphatic carbocycles. The zero-order valence-electron chi connectivity index (χ0n) is 11.9. The predicted molar refractivity (Wildman–Crippen MR) is 86.4 cm³/mol. The molecule has 10 heteroatoms. The van der Waals surface area contributed by atoms with E-state index in [1.54, 1.807) is 4.90 Å². The summed E-state index contributed by atoms with van der Waals surface area (Å²) < 4.78 is 5.24. The van der Waals surface area contributed by atoms with Gasteiger partial charge >= 0.3 is 12.1 Å². The number of amides is 1. The van der Waals surface area contributed by atoms with Gasteiger partial charge in [-0.2, -0.15) is 0 Å². The maximum atomic E-state index is 11.4. The molecule has 1 aromatic rings. The molecule has 1 atom stereocenters. The van der Waals surface area contributed by atoms with Crippen molar-refractivity contribution in [1.82, 2.24) is 4.90 Å². The van der Waals surface area contributed by atoms with Gasteiger partial charge < -0.3 is 19.8 Å². The third kappa shape index (κ3) is 3.36. The van der Waals surface area contributed by atoms with Gasteiger partial charge in [0.1, 0.15) is 17.5 Å². The molecule has 1 aliphatic rings. The molecule has 126 valence electrons. The molecule has 0 bridgehead atoms. The lowest BCUT2D eigenvalue weighted by Crippen LogP contribution is -2.58. The molecule has 0 saturated carbocycles. The summed E-state index contributed by atoms with van der Waals surface area (Å²) in [4.78, 5) is 25.0. The molecule has 0 radical (unpaired) electrons. The van der Waals surface area contributed by atoms with Gasteiger partial charge in [-0.15, -0.1) is 0 Å². The van der Waals surface area contributed by atoms with E-state index < -0.39 is 18.1 Å². The van der Waals surface area contributed by atoms with Crippen LogP contribution in [-0.4, -0.2) is 60.0 Å². The maximum Gasteiger partial charge on any atom is 0.408 e. The molecule has 2 N–H and O–H groups in total. The van der Waals surface area contributed by atoms with Crippen molar-refractivity contribution < 1.29 is 24.5 Å². The molecule has 0 unspecified atom stereocenters. The van der Waals surface area contributed by atoms with Crippen molar-refractivity contribution in [3.05, 3.63) is 21.1 Å². The Hall–Kier alpha value is -1.57. The van der Waals surface area contributed by atoms with Crippen molar-refractivity contribution in [2.45, 2.75) is 6.04 Å². The molecule has 1 aliphatic heterocycles. The highest BCUT2D eigenvalue weighted by atomic mass is 35.5. The zero-order valence-corrected chi connectivity index (χ0v) is 14.2. The van der Waals surface area contributed by atoms with Crippen molar-refractivity contribution in [2.75, 3.05) is 31.6 Å².